The van der Waals surface area contributed by atoms with Crippen LogP contribution < -0.4 is 4.74 Å². The highest BCUT2D eigenvalue weighted by molar-refractivity contribution is 7.89. The molecule has 0 unspecified atom stereocenters. The van der Waals surface area contributed by atoms with Gasteiger partial charge >= 0.3 is 5.97 Å². The summed E-state index contributed by atoms with van der Waals surface area (Å²) >= 11 is 0. The van der Waals surface area contributed by atoms with Gasteiger partial charge in [0.15, 0.2) is 0 Å². The number of nitrogens with zero attached hydrogens (tertiary/aromatic N) is 1. The molecular formula is C17H25NO6S. The zero-order valence-corrected chi connectivity index (χ0v) is 15.1. The molecule has 1 aromatic carbocycles. The van der Waals surface area contributed by atoms with Gasteiger partial charge in [0.2, 0.25) is 10.0 Å². The van der Waals surface area contributed by atoms with Gasteiger partial charge in [-0.1, -0.05) is 19.8 Å². The van der Waals surface area contributed by atoms with Crippen LogP contribution in [0.3, 0.4) is 0 Å². The first-order chi connectivity index (χ1) is 11.9. The Balaban J connectivity index is 2.11. The molecular weight excluding hydrogens is 346 g/mol. The van der Waals surface area contributed by atoms with Crippen molar-refractivity contribution in [2.24, 2.45) is 0 Å². The molecule has 0 saturated carbocycles. The van der Waals surface area contributed by atoms with Gasteiger partial charge in [-0.2, -0.15) is 4.31 Å². The predicted octanol–water partition coefficient (Wildman–Crippen LogP) is 1.85. The summed E-state index contributed by atoms with van der Waals surface area (Å²) in [6.07, 6.45) is 2.42. The molecule has 1 heterocycles. The summed E-state index contributed by atoms with van der Waals surface area (Å²) in [4.78, 5) is 11.4. The zero-order valence-electron chi connectivity index (χ0n) is 14.3. The molecule has 2 rings (SSSR count). The highest BCUT2D eigenvalue weighted by atomic mass is 32.2. The molecule has 0 aliphatic carbocycles. The van der Waals surface area contributed by atoms with E-state index in [1.54, 1.807) is 12.1 Å². The van der Waals surface area contributed by atoms with Gasteiger partial charge in [0.25, 0.3) is 0 Å². The highest BCUT2D eigenvalue weighted by Crippen LogP contribution is 2.27. The van der Waals surface area contributed by atoms with Crippen molar-refractivity contribution < 1.29 is 28.2 Å². The molecule has 2 N–H and O–H groups in total. The Morgan fingerprint density at radius 1 is 1.28 bits per heavy atom. The Labute approximate surface area is 148 Å². The second kappa shape index (κ2) is 8.64. The van der Waals surface area contributed by atoms with Crippen molar-refractivity contribution >= 4 is 16.0 Å². The number of benzene rings is 1. The average molecular weight is 371 g/mol. The molecule has 0 spiro atoms. The van der Waals surface area contributed by atoms with Gasteiger partial charge in [-0.05, 0) is 37.1 Å². The number of carboxylic acids is 1. The van der Waals surface area contributed by atoms with E-state index in [0.29, 0.717) is 12.4 Å². The number of carbonyl (C=O) groups is 1. The summed E-state index contributed by atoms with van der Waals surface area (Å²) in [6.45, 7) is 2.66. The number of aliphatic carboxylic acids is 1. The first-order valence-corrected chi connectivity index (χ1v) is 9.96. The number of aliphatic hydroxyl groups excluding tert-OH is 1. The smallest absolute Gasteiger partial charge is 0.322 e. The Morgan fingerprint density at radius 3 is 2.56 bits per heavy atom. The fraction of sp³-hybridized carbons (Fsp3) is 0.588. The van der Waals surface area contributed by atoms with Crippen LogP contribution in [-0.2, 0) is 14.8 Å². The lowest BCUT2D eigenvalue weighted by Crippen LogP contribution is -2.51. The third kappa shape index (κ3) is 4.93. The molecule has 1 aliphatic heterocycles. The summed E-state index contributed by atoms with van der Waals surface area (Å²) < 4.78 is 32.0. The molecule has 8 heteroatoms. The van der Waals surface area contributed by atoms with Crippen molar-refractivity contribution in [2.75, 3.05) is 13.2 Å². The number of carboxylic acid groups (broad SMARTS) is 1. The second-order valence-electron chi connectivity index (χ2n) is 6.17. The topological polar surface area (TPSA) is 104 Å². The van der Waals surface area contributed by atoms with Crippen LogP contribution in [0.2, 0.25) is 0 Å². The maximum absolute atomic E-state index is 12.8. The van der Waals surface area contributed by atoms with Gasteiger partial charge in [-0.15, -0.1) is 0 Å². The molecule has 2 atom stereocenters. The SMILES string of the molecule is CCCCCOc1ccc(S(=O)(=O)N2CC[C@H](O)C[C@@H]2C(=O)O)cc1. The van der Waals surface area contributed by atoms with E-state index in [1.807, 2.05) is 0 Å². The molecule has 0 amide bonds. The fourth-order valence-electron chi connectivity index (χ4n) is 2.82. The summed E-state index contributed by atoms with van der Waals surface area (Å²) in [5, 5.41) is 18.9. The molecule has 1 saturated heterocycles. The van der Waals surface area contributed by atoms with Crippen molar-refractivity contribution in [3.8, 4) is 5.75 Å². The minimum absolute atomic E-state index is 0.0181. The molecule has 7 nitrogen and oxygen atoms in total. The number of hydrogen-bond acceptors (Lipinski definition) is 5. The largest absolute Gasteiger partial charge is 0.494 e. The molecule has 140 valence electrons. The van der Waals surface area contributed by atoms with E-state index in [4.69, 9.17) is 4.74 Å². The Hall–Kier alpha value is -1.64. The number of unbranched alkanes of at least 4 members (excludes halogenated alkanes) is 2. The van der Waals surface area contributed by atoms with Gasteiger partial charge in [0.05, 0.1) is 17.6 Å². The van der Waals surface area contributed by atoms with Gasteiger partial charge in [0, 0.05) is 13.0 Å². The highest BCUT2D eigenvalue weighted by Gasteiger charge is 2.40. The molecule has 1 aromatic rings. The van der Waals surface area contributed by atoms with E-state index in [2.05, 4.69) is 6.92 Å². The number of rotatable bonds is 8. The number of hydrogen-bond donors (Lipinski definition) is 2. The van der Waals surface area contributed by atoms with Crippen LogP contribution in [-0.4, -0.2) is 54.2 Å². The minimum Gasteiger partial charge on any atom is -0.494 e. The first kappa shape index (κ1) is 19.7. The van der Waals surface area contributed by atoms with Crippen LogP contribution in [0.25, 0.3) is 0 Å². The lowest BCUT2D eigenvalue weighted by molar-refractivity contribution is -0.143. The molecule has 0 radical (unpaired) electrons. The van der Waals surface area contributed by atoms with Gasteiger partial charge < -0.3 is 14.9 Å². The zero-order chi connectivity index (χ0) is 18.4. The monoisotopic (exact) mass is 371 g/mol. The molecule has 0 bridgehead atoms. The number of piperidine rings is 1. The van der Waals surface area contributed by atoms with E-state index in [0.717, 1.165) is 23.6 Å². The summed E-state index contributed by atoms with van der Waals surface area (Å²) in [6, 6.07) is 4.75. The van der Waals surface area contributed by atoms with Gasteiger partial charge in [-0.3, -0.25) is 4.79 Å². The summed E-state index contributed by atoms with van der Waals surface area (Å²) in [7, 11) is -3.94. The number of sulfonamides is 1. The van der Waals surface area contributed by atoms with Gasteiger partial charge in [0.1, 0.15) is 11.8 Å². The quantitative estimate of drug-likeness (QED) is 0.676. The van der Waals surface area contributed by atoms with Crippen molar-refractivity contribution in [1.82, 2.24) is 4.31 Å². The minimum atomic E-state index is -3.94. The molecule has 1 aliphatic rings. The van der Waals surface area contributed by atoms with Gasteiger partial charge in [-0.25, -0.2) is 8.42 Å². The van der Waals surface area contributed by atoms with Crippen LogP contribution in [0.5, 0.6) is 5.75 Å². The standard InChI is InChI=1S/C17H25NO6S/c1-2-3-4-11-24-14-5-7-15(8-6-14)25(22,23)18-10-9-13(19)12-16(18)17(20)21/h5-8,13,16,19H,2-4,9-12H2,1H3,(H,20,21)/t13-,16+/m0/s1. The normalized spacial score (nSPS) is 21.8. The predicted molar refractivity (Wildman–Crippen MR) is 92.0 cm³/mol. The number of aliphatic hydroxyl groups is 1. The van der Waals surface area contributed by atoms with E-state index in [1.165, 1.54) is 12.1 Å². The summed E-state index contributed by atoms with van der Waals surface area (Å²) in [5.74, 6) is -0.669. The Kier molecular flexibility index (Phi) is 6.80. The van der Waals surface area contributed by atoms with Crippen LogP contribution in [0.4, 0.5) is 0 Å². The lowest BCUT2D eigenvalue weighted by Gasteiger charge is -2.34. The molecule has 25 heavy (non-hydrogen) atoms. The van der Waals surface area contributed by atoms with Crippen LogP contribution in [0.1, 0.15) is 39.0 Å². The molecule has 0 aromatic heterocycles. The molecule has 1 fully saturated rings. The van der Waals surface area contributed by atoms with Crippen molar-refractivity contribution in [3.63, 3.8) is 0 Å². The number of ether oxygens (including phenoxy) is 1. The third-order valence-electron chi connectivity index (χ3n) is 4.26. The van der Waals surface area contributed by atoms with Crippen LogP contribution >= 0.6 is 0 Å². The average Bonchev–Trinajstić information content (AvgIpc) is 2.59. The maximum atomic E-state index is 12.8. The van der Waals surface area contributed by atoms with Crippen molar-refractivity contribution in [1.29, 1.82) is 0 Å². The first-order valence-electron chi connectivity index (χ1n) is 8.52. The van der Waals surface area contributed by atoms with Crippen molar-refractivity contribution in [3.05, 3.63) is 24.3 Å². The van der Waals surface area contributed by atoms with Crippen LogP contribution in [0.15, 0.2) is 29.2 Å². The third-order valence-corrected chi connectivity index (χ3v) is 6.18. The van der Waals surface area contributed by atoms with Crippen LogP contribution in [0, 0.1) is 0 Å². The maximum Gasteiger partial charge on any atom is 0.322 e. The lowest BCUT2D eigenvalue weighted by atomic mass is 10.0. The van der Waals surface area contributed by atoms with E-state index >= 15 is 0 Å². The van der Waals surface area contributed by atoms with E-state index in [-0.39, 0.29) is 24.3 Å². The Bertz CT molecular complexity index is 673. The summed E-state index contributed by atoms with van der Waals surface area (Å²) in [5.41, 5.74) is 0. The fourth-order valence-corrected chi connectivity index (χ4v) is 4.43. The second-order valence-corrected chi connectivity index (χ2v) is 8.07. The Morgan fingerprint density at radius 2 is 1.96 bits per heavy atom. The van der Waals surface area contributed by atoms with Crippen molar-refractivity contribution in [2.45, 2.75) is 56.1 Å². The van der Waals surface area contributed by atoms with E-state index < -0.39 is 28.1 Å². The van der Waals surface area contributed by atoms with E-state index in [9.17, 15) is 23.4 Å².